The molecule has 0 aliphatic heterocycles. The van der Waals surface area contributed by atoms with Crippen molar-refractivity contribution >= 4 is 28.3 Å². The van der Waals surface area contributed by atoms with Gasteiger partial charge in [-0.25, -0.2) is 0 Å². The van der Waals surface area contributed by atoms with E-state index in [0.717, 1.165) is 5.69 Å². The monoisotopic (exact) mass is 338 g/mol. The third-order valence-electron chi connectivity index (χ3n) is 2.74. The summed E-state index contributed by atoms with van der Waals surface area (Å²) in [6, 6.07) is 10.7. The van der Waals surface area contributed by atoms with E-state index in [1.807, 2.05) is 12.3 Å². The summed E-state index contributed by atoms with van der Waals surface area (Å²) in [6.07, 6.45) is 3.70. The van der Waals surface area contributed by atoms with E-state index in [4.69, 9.17) is 0 Å². The highest BCUT2D eigenvalue weighted by atomic mass is 127. The van der Waals surface area contributed by atoms with Crippen LogP contribution in [0.5, 0.6) is 0 Å². The van der Waals surface area contributed by atoms with Crippen LogP contribution in [0.25, 0.3) is 0 Å². The smallest absolute Gasteiger partial charge is 0.0500 e. The molecule has 1 aromatic heterocycles. The second-order valence-electron chi connectivity index (χ2n) is 4.12. The molecule has 0 bridgehead atoms. The molecule has 0 spiro atoms. The Kier molecular flexibility index (Phi) is 3.99. The normalized spacial score (nSPS) is 12.2. The molecule has 2 aromatic rings. The second kappa shape index (κ2) is 5.49. The molecule has 0 saturated carbocycles. The van der Waals surface area contributed by atoms with Crippen LogP contribution < -0.4 is 5.32 Å². The van der Waals surface area contributed by atoms with E-state index in [1.165, 1.54) is 14.7 Å². The molecule has 2 rings (SSSR count). The van der Waals surface area contributed by atoms with E-state index in [2.05, 4.69) is 71.0 Å². The van der Waals surface area contributed by atoms with Gasteiger partial charge in [0.1, 0.15) is 0 Å². The van der Waals surface area contributed by atoms with Crippen LogP contribution in [0.2, 0.25) is 0 Å². The molecular weight excluding hydrogens is 323 g/mol. The number of aromatic nitrogens is 1. The van der Waals surface area contributed by atoms with Crippen molar-refractivity contribution < 1.29 is 0 Å². The Morgan fingerprint density at radius 2 is 2.12 bits per heavy atom. The Morgan fingerprint density at radius 3 is 2.76 bits per heavy atom. The molecular formula is C14H15IN2. The standard InChI is InChI=1S/C14H15IN2/c1-10-5-6-13(8-14(10)15)17-11(2)12-4-3-7-16-9-12/h3-9,11,17H,1-2H3. The maximum absolute atomic E-state index is 4.14. The van der Waals surface area contributed by atoms with Gasteiger partial charge in [-0.05, 0) is 65.8 Å². The van der Waals surface area contributed by atoms with Gasteiger partial charge in [0.05, 0.1) is 6.04 Å². The van der Waals surface area contributed by atoms with Crippen molar-refractivity contribution in [2.75, 3.05) is 5.32 Å². The zero-order chi connectivity index (χ0) is 12.3. The Morgan fingerprint density at radius 1 is 1.29 bits per heavy atom. The number of nitrogens with one attached hydrogen (secondary N) is 1. The molecule has 0 saturated heterocycles. The summed E-state index contributed by atoms with van der Waals surface area (Å²) in [7, 11) is 0. The second-order valence-corrected chi connectivity index (χ2v) is 5.28. The summed E-state index contributed by atoms with van der Waals surface area (Å²) in [5.41, 5.74) is 3.66. The van der Waals surface area contributed by atoms with E-state index < -0.39 is 0 Å². The lowest BCUT2D eigenvalue weighted by Crippen LogP contribution is -2.06. The number of anilines is 1. The molecule has 0 aliphatic carbocycles. The number of hydrogen-bond acceptors (Lipinski definition) is 2. The minimum atomic E-state index is 0.266. The lowest BCUT2D eigenvalue weighted by molar-refractivity contribution is 0.875. The molecule has 0 amide bonds. The van der Waals surface area contributed by atoms with E-state index in [9.17, 15) is 0 Å². The van der Waals surface area contributed by atoms with Crippen LogP contribution in [-0.2, 0) is 0 Å². The zero-order valence-electron chi connectivity index (χ0n) is 9.94. The number of hydrogen-bond donors (Lipinski definition) is 1. The molecule has 1 heterocycles. The van der Waals surface area contributed by atoms with E-state index >= 15 is 0 Å². The third kappa shape index (κ3) is 3.19. The number of rotatable bonds is 3. The third-order valence-corrected chi connectivity index (χ3v) is 3.90. The van der Waals surface area contributed by atoms with Crippen LogP contribution in [-0.4, -0.2) is 4.98 Å². The van der Waals surface area contributed by atoms with Crippen LogP contribution in [0.1, 0.15) is 24.1 Å². The Labute approximate surface area is 116 Å². The molecule has 2 nitrogen and oxygen atoms in total. The highest BCUT2D eigenvalue weighted by Gasteiger charge is 2.05. The first-order chi connectivity index (χ1) is 8.16. The van der Waals surface area contributed by atoms with Gasteiger partial charge in [-0.2, -0.15) is 0 Å². The van der Waals surface area contributed by atoms with Crippen LogP contribution in [0.3, 0.4) is 0 Å². The zero-order valence-corrected chi connectivity index (χ0v) is 12.1. The minimum Gasteiger partial charge on any atom is -0.378 e. The van der Waals surface area contributed by atoms with Crippen molar-refractivity contribution in [2.24, 2.45) is 0 Å². The molecule has 0 aliphatic rings. The van der Waals surface area contributed by atoms with Crippen molar-refractivity contribution in [1.82, 2.24) is 4.98 Å². The summed E-state index contributed by atoms with van der Waals surface area (Å²) in [4.78, 5) is 4.14. The first-order valence-corrected chi connectivity index (χ1v) is 6.67. The van der Waals surface area contributed by atoms with Crippen molar-refractivity contribution in [2.45, 2.75) is 19.9 Å². The first kappa shape index (κ1) is 12.4. The fraction of sp³-hybridized carbons (Fsp3) is 0.214. The molecule has 0 fully saturated rings. The average molecular weight is 338 g/mol. The van der Waals surface area contributed by atoms with Crippen LogP contribution in [0.4, 0.5) is 5.69 Å². The fourth-order valence-electron chi connectivity index (χ4n) is 1.65. The molecule has 1 N–H and O–H groups in total. The summed E-state index contributed by atoms with van der Waals surface area (Å²) >= 11 is 2.36. The van der Waals surface area contributed by atoms with E-state index in [-0.39, 0.29) is 6.04 Å². The lowest BCUT2D eigenvalue weighted by atomic mass is 10.1. The Hall–Kier alpha value is -1.10. The average Bonchev–Trinajstić information content (AvgIpc) is 2.35. The number of halogens is 1. The quantitative estimate of drug-likeness (QED) is 0.850. The molecule has 0 radical (unpaired) electrons. The van der Waals surface area contributed by atoms with E-state index in [1.54, 1.807) is 6.20 Å². The van der Waals surface area contributed by atoms with Gasteiger partial charge in [-0.15, -0.1) is 0 Å². The van der Waals surface area contributed by atoms with Crippen LogP contribution in [0, 0.1) is 10.5 Å². The fourth-order valence-corrected chi connectivity index (χ4v) is 2.16. The summed E-state index contributed by atoms with van der Waals surface area (Å²) in [5, 5.41) is 3.48. The Balaban J connectivity index is 2.13. The molecule has 17 heavy (non-hydrogen) atoms. The maximum Gasteiger partial charge on any atom is 0.0500 e. The molecule has 3 heteroatoms. The number of pyridine rings is 1. The number of benzene rings is 1. The topological polar surface area (TPSA) is 24.9 Å². The van der Waals surface area contributed by atoms with E-state index in [0.29, 0.717) is 0 Å². The van der Waals surface area contributed by atoms with Crippen molar-refractivity contribution in [3.63, 3.8) is 0 Å². The van der Waals surface area contributed by atoms with Crippen LogP contribution >= 0.6 is 22.6 Å². The molecule has 1 atom stereocenters. The van der Waals surface area contributed by atoms with Crippen molar-refractivity contribution in [3.8, 4) is 0 Å². The first-order valence-electron chi connectivity index (χ1n) is 5.59. The van der Waals surface area contributed by atoms with Gasteiger partial charge in [-0.3, -0.25) is 4.98 Å². The largest absolute Gasteiger partial charge is 0.378 e. The van der Waals surface area contributed by atoms with Gasteiger partial charge in [0.2, 0.25) is 0 Å². The summed E-state index contributed by atoms with van der Waals surface area (Å²) < 4.78 is 1.28. The number of nitrogens with zero attached hydrogens (tertiary/aromatic N) is 1. The highest BCUT2D eigenvalue weighted by Crippen LogP contribution is 2.21. The predicted octanol–water partition coefficient (Wildman–Crippen LogP) is 4.17. The molecule has 88 valence electrons. The summed E-state index contributed by atoms with van der Waals surface area (Å²) in [5.74, 6) is 0. The van der Waals surface area contributed by atoms with Gasteiger partial charge >= 0.3 is 0 Å². The SMILES string of the molecule is Cc1ccc(NC(C)c2cccnc2)cc1I. The van der Waals surface area contributed by atoms with Gasteiger partial charge in [0.15, 0.2) is 0 Å². The number of aryl methyl sites for hydroxylation is 1. The molecule has 1 unspecified atom stereocenters. The Bertz CT molecular complexity index is 497. The van der Waals surface area contributed by atoms with Gasteiger partial charge in [0.25, 0.3) is 0 Å². The highest BCUT2D eigenvalue weighted by molar-refractivity contribution is 14.1. The van der Waals surface area contributed by atoms with Gasteiger partial charge < -0.3 is 5.32 Å². The summed E-state index contributed by atoms with van der Waals surface area (Å²) in [6.45, 7) is 4.26. The van der Waals surface area contributed by atoms with Gasteiger partial charge in [0, 0.05) is 21.7 Å². The van der Waals surface area contributed by atoms with Crippen molar-refractivity contribution in [3.05, 3.63) is 57.4 Å². The van der Waals surface area contributed by atoms with Gasteiger partial charge in [-0.1, -0.05) is 12.1 Å². The molecule has 1 aromatic carbocycles. The minimum absolute atomic E-state index is 0.266. The van der Waals surface area contributed by atoms with Crippen LogP contribution in [0.15, 0.2) is 42.7 Å². The van der Waals surface area contributed by atoms with Crippen molar-refractivity contribution in [1.29, 1.82) is 0 Å². The maximum atomic E-state index is 4.14. The predicted molar refractivity (Wildman–Crippen MR) is 80.2 cm³/mol. The lowest BCUT2D eigenvalue weighted by Gasteiger charge is -2.15.